The molecule has 35 heavy (non-hydrogen) atoms. The van der Waals surface area contributed by atoms with Crippen LogP contribution in [0.15, 0.2) is 36.4 Å². The van der Waals surface area contributed by atoms with Crippen LogP contribution in [0.1, 0.15) is 90.6 Å². The Bertz CT molecular complexity index is 1050. The van der Waals surface area contributed by atoms with E-state index in [0.29, 0.717) is 37.1 Å². The molecular weight excluding hydrogens is 448 g/mol. The third-order valence-corrected chi connectivity index (χ3v) is 5.87. The summed E-state index contributed by atoms with van der Waals surface area (Å²) in [4.78, 5) is 46.7. The minimum Gasteiger partial charge on any atom is -0.478 e. The van der Waals surface area contributed by atoms with Gasteiger partial charge in [0.1, 0.15) is 0 Å². The molecule has 0 saturated carbocycles. The zero-order valence-electron chi connectivity index (χ0n) is 20.4. The lowest BCUT2D eigenvalue weighted by atomic mass is 9.95. The Morgan fingerprint density at radius 3 is 1.71 bits per heavy atom. The summed E-state index contributed by atoms with van der Waals surface area (Å²) >= 11 is 0. The Morgan fingerprint density at radius 1 is 0.657 bits per heavy atom. The number of carboxylic acids is 2. The van der Waals surface area contributed by atoms with Gasteiger partial charge in [0.15, 0.2) is 0 Å². The van der Waals surface area contributed by atoms with Crippen molar-refractivity contribution in [3.8, 4) is 0 Å². The van der Waals surface area contributed by atoms with Crippen LogP contribution in [0, 0.1) is 0 Å². The maximum absolute atomic E-state index is 12.4. The average Bonchev–Trinajstić information content (AvgIpc) is 2.83. The van der Waals surface area contributed by atoms with Crippen molar-refractivity contribution in [2.75, 3.05) is 10.6 Å². The number of benzene rings is 2. The van der Waals surface area contributed by atoms with Gasteiger partial charge in [0, 0.05) is 24.2 Å². The van der Waals surface area contributed by atoms with Gasteiger partial charge >= 0.3 is 11.9 Å². The number of nitrogens with one attached hydrogen (secondary N) is 2. The van der Waals surface area contributed by atoms with Gasteiger partial charge in [-0.2, -0.15) is 0 Å². The highest BCUT2D eigenvalue weighted by molar-refractivity contribution is 5.95. The predicted molar refractivity (Wildman–Crippen MR) is 135 cm³/mol. The molecule has 0 aliphatic heterocycles. The van der Waals surface area contributed by atoms with Crippen LogP contribution in [0.2, 0.25) is 0 Å². The van der Waals surface area contributed by atoms with Crippen LogP contribution in [0.4, 0.5) is 11.4 Å². The second-order valence-corrected chi connectivity index (χ2v) is 8.38. The maximum Gasteiger partial charge on any atom is 0.335 e. The van der Waals surface area contributed by atoms with Crippen molar-refractivity contribution in [3.05, 3.63) is 58.7 Å². The van der Waals surface area contributed by atoms with E-state index in [9.17, 15) is 24.3 Å². The average molecular weight is 483 g/mol. The minimum atomic E-state index is -1.01. The molecule has 0 aliphatic rings. The summed E-state index contributed by atoms with van der Waals surface area (Å²) in [6.45, 7) is 3.86. The molecule has 0 saturated heterocycles. The topological polar surface area (TPSA) is 133 Å². The predicted octanol–water partition coefficient (Wildman–Crippen LogP) is 5.52. The summed E-state index contributed by atoms with van der Waals surface area (Å²) in [5, 5.41) is 24.0. The number of rotatable bonds is 14. The summed E-state index contributed by atoms with van der Waals surface area (Å²) in [7, 11) is 0. The molecule has 0 heterocycles. The third-order valence-electron chi connectivity index (χ3n) is 5.87. The van der Waals surface area contributed by atoms with E-state index in [0.717, 1.165) is 43.2 Å². The molecule has 8 heteroatoms. The van der Waals surface area contributed by atoms with Crippen molar-refractivity contribution in [2.45, 2.75) is 71.6 Å². The molecule has 0 radical (unpaired) electrons. The Hall–Kier alpha value is -3.68. The van der Waals surface area contributed by atoms with Crippen molar-refractivity contribution >= 4 is 35.1 Å². The van der Waals surface area contributed by atoms with E-state index in [1.807, 2.05) is 13.8 Å². The molecule has 0 fully saturated rings. The van der Waals surface area contributed by atoms with E-state index in [1.54, 1.807) is 24.3 Å². The number of carbonyl (C=O) groups excluding carboxylic acids is 2. The first-order valence-corrected chi connectivity index (χ1v) is 12.1. The Labute approximate surface area is 205 Å². The molecule has 8 nitrogen and oxygen atoms in total. The second-order valence-electron chi connectivity index (χ2n) is 8.38. The lowest BCUT2D eigenvalue weighted by Gasteiger charge is -2.16. The molecule has 0 unspecified atom stereocenters. The van der Waals surface area contributed by atoms with Gasteiger partial charge in [-0.3, -0.25) is 9.59 Å². The van der Waals surface area contributed by atoms with Crippen molar-refractivity contribution in [1.29, 1.82) is 0 Å². The smallest absolute Gasteiger partial charge is 0.335 e. The number of amides is 2. The lowest BCUT2D eigenvalue weighted by molar-refractivity contribution is -0.117. The molecule has 4 N–H and O–H groups in total. The number of aromatic carboxylic acids is 2. The molecule has 0 atom stereocenters. The number of hydrogen-bond acceptors (Lipinski definition) is 4. The van der Waals surface area contributed by atoms with Crippen LogP contribution in [-0.2, 0) is 22.4 Å². The van der Waals surface area contributed by atoms with Gasteiger partial charge in [-0.05, 0) is 73.2 Å². The van der Waals surface area contributed by atoms with E-state index in [-0.39, 0.29) is 22.9 Å². The monoisotopic (exact) mass is 482 g/mol. The Balaban J connectivity index is 1.66. The van der Waals surface area contributed by atoms with E-state index in [1.165, 1.54) is 12.1 Å². The summed E-state index contributed by atoms with van der Waals surface area (Å²) in [5.41, 5.74) is 3.34. The van der Waals surface area contributed by atoms with Gasteiger partial charge in [0.25, 0.3) is 0 Å². The van der Waals surface area contributed by atoms with E-state index in [4.69, 9.17) is 5.11 Å². The van der Waals surface area contributed by atoms with Crippen LogP contribution < -0.4 is 10.6 Å². The number of anilines is 2. The van der Waals surface area contributed by atoms with Gasteiger partial charge in [0.05, 0.1) is 11.1 Å². The zero-order valence-corrected chi connectivity index (χ0v) is 20.4. The molecule has 0 bridgehead atoms. The molecule has 2 amide bonds. The van der Waals surface area contributed by atoms with Crippen molar-refractivity contribution < 1.29 is 29.4 Å². The van der Waals surface area contributed by atoms with Crippen molar-refractivity contribution in [3.63, 3.8) is 0 Å². The van der Waals surface area contributed by atoms with Gasteiger partial charge in [-0.15, -0.1) is 0 Å². The van der Waals surface area contributed by atoms with Gasteiger partial charge in [-0.1, -0.05) is 33.1 Å². The van der Waals surface area contributed by atoms with Gasteiger partial charge < -0.3 is 20.8 Å². The van der Waals surface area contributed by atoms with Gasteiger partial charge in [0.2, 0.25) is 11.8 Å². The SMILES string of the molecule is CCc1c(NC(=O)CCCCCCCC(=O)Nc2ccc(C(=O)O)cc2)ccc(C(=O)O)c1CC. The molecular formula is C27H34N2O6. The number of hydrogen-bond donors (Lipinski definition) is 4. The largest absolute Gasteiger partial charge is 0.478 e. The van der Waals surface area contributed by atoms with Crippen molar-refractivity contribution in [2.24, 2.45) is 0 Å². The molecule has 2 aromatic carbocycles. The maximum atomic E-state index is 12.4. The highest BCUT2D eigenvalue weighted by atomic mass is 16.4. The highest BCUT2D eigenvalue weighted by Crippen LogP contribution is 2.26. The number of carbonyl (C=O) groups is 4. The first-order chi connectivity index (χ1) is 16.8. The van der Waals surface area contributed by atoms with E-state index in [2.05, 4.69) is 10.6 Å². The highest BCUT2D eigenvalue weighted by Gasteiger charge is 2.16. The van der Waals surface area contributed by atoms with Crippen LogP contribution in [0.3, 0.4) is 0 Å². The Kier molecular flexibility index (Phi) is 10.9. The third kappa shape index (κ3) is 8.55. The molecule has 0 aromatic heterocycles. The normalized spacial score (nSPS) is 10.6. The molecule has 2 rings (SSSR count). The number of carboxylic acid groups (broad SMARTS) is 2. The molecule has 0 spiro atoms. The standard InChI is InChI=1S/C27H34N2O6/c1-3-20-21(4-2)23(17-16-22(20)27(34)35)29-25(31)11-9-7-5-6-8-10-24(30)28-19-14-12-18(13-15-19)26(32)33/h12-17H,3-11H2,1-2H3,(H,28,30)(H,29,31)(H,32,33)(H,34,35). The minimum absolute atomic E-state index is 0.0851. The zero-order chi connectivity index (χ0) is 25.8. The Morgan fingerprint density at radius 2 is 1.20 bits per heavy atom. The van der Waals surface area contributed by atoms with Gasteiger partial charge in [-0.25, -0.2) is 9.59 Å². The quantitative estimate of drug-likeness (QED) is 0.262. The molecule has 2 aromatic rings. The van der Waals surface area contributed by atoms with Crippen molar-refractivity contribution in [1.82, 2.24) is 0 Å². The number of unbranched alkanes of at least 4 members (excludes halogenated alkanes) is 4. The fraction of sp³-hybridized carbons (Fsp3) is 0.407. The molecule has 188 valence electrons. The summed E-state index contributed by atoms with van der Waals surface area (Å²) in [6.07, 6.45) is 6.15. The fourth-order valence-corrected chi connectivity index (χ4v) is 4.05. The summed E-state index contributed by atoms with van der Waals surface area (Å²) in [5.74, 6) is -2.16. The van der Waals surface area contributed by atoms with Crippen LogP contribution in [0.5, 0.6) is 0 Å². The first kappa shape index (κ1) is 27.6. The second kappa shape index (κ2) is 13.9. The molecule has 0 aliphatic carbocycles. The lowest BCUT2D eigenvalue weighted by Crippen LogP contribution is -2.15. The first-order valence-electron chi connectivity index (χ1n) is 12.1. The van der Waals surface area contributed by atoms with E-state index >= 15 is 0 Å². The van der Waals surface area contributed by atoms with Crippen LogP contribution >= 0.6 is 0 Å². The van der Waals surface area contributed by atoms with Crippen LogP contribution in [0.25, 0.3) is 0 Å². The summed E-state index contributed by atoms with van der Waals surface area (Å²) in [6, 6.07) is 9.26. The van der Waals surface area contributed by atoms with Crippen LogP contribution in [-0.4, -0.2) is 34.0 Å². The van der Waals surface area contributed by atoms with E-state index < -0.39 is 11.9 Å². The summed E-state index contributed by atoms with van der Waals surface area (Å²) < 4.78 is 0. The fourth-order valence-electron chi connectivity index (χ4n) is 4.05.